The van der Waals surface area contributed by atoms with Crippen LogP contribution in [0.2, 0.25) is 0 Å². The molecule has 1 aromatic carbocycles. The van der Waals surface area contributed by atoms with E-state index in [0.717, 1.165) is 29.2 Å². The highest BCUT2D eigenvalue weighted by Gasteiger charge is 2.06. The summed E-state index contributed by atoms with van der Waals surface area (Å²) in [4.78, 5) is 0. The molecule has 2 N–H and O–H groups in total. The molecule has 3 heteroatoms. The van der Waals surface area contributed by atoms with E-state index in [0.29, 0.717) is 13.2 Å². The van der Waals surface area contributed by atoms with E-state index in [1.165, 1.54) is 0 Å². The van der Waals surface area contributed by atoms with E-state index in [-0.39, 0.29) is 0 Å². The Morgan fingerprint density at radius 2 is 1.93 bits per heavy atom. The number of nitrogens with two attached hydrogens (primary N) is 1. The molecule has 15 heavy (non-hydrogen) atoms. The first-order valence-corrected chi connectivity index (χ1v) is 5.23. The molecule has 0 bridgehead atoms. The van der Waals surface area contributed by atoms with Crippen LogP contribution < -0.4 is 10.5 Å². The van der Waals surface area contributed by atoms with Crippen LogP contribution in [0, 0.1) is 13.8 Å². The first kappa shape index (κ1) is 11.9. The van der Waals surface area contributed by atoms with Gasteiger partial charge in [0, 0.05) is 17.9 Å². The van der Waals surface area contributed by atoms with E-state index in [4.69, 9.17) is 15.2 Å². The Balaban J connectivity index is 2.63. The highest BCUT2D eigenvalue weighted by atomic mass is 16.5. The van der Waals surface area contributed by atoms with Crippen LogP contribution in [-0.2, 0) is 4.74 Å². The number of benzene rings is 1. The van der Waals surface area contributed by atoms with Crippen LogP contribution in [0.5, 0.6) is 5.75 Å². The van der Waals surface area contributed by atoms with Crippen molar-refractivity contribution in [2.75, 3.05) is 25.6 Å². The van der Waals surface area contributed by atoms with Gasteiger partial charge in [0.15, 0.2) is 0 Å². The Bertz CT molecular complexity index is 324. The Hall–Kier alpha value is -1.22. The minimum Gasteiger partial charge on any atom is -0.491 e. The van der Waals surface area contributed by atoms with E-state index in [9.17, 15) is 0 Å². The van der Waals surface area contributed by atoms with Gasteiger partial charge < -0.3 is 15.2 Å². The second-order valence-electron chi connectivity index (χ2n) is 3.47. The molecule has 0 spiro atoms. The van der Waals surface area contributed by atoms with E-state index in [1.807, 2.05) is 32.9 Å². The molecule has 0 aliphatic rings. The lowest BCUT2D eigenvalue weighted by Gasteiger charge is -2.13. The zero-order valence-electron chi connectivity index (χ0n) is 9.67. The number of aryl methyl sites for hydroxylation is 1. The summed E-state index contributed by atoms with van der Waals surface area (Å²) >= 11 is 0. The average molecular weight is 209 g/mol. The standard InChI is InChI=1S/C12H19NO2/c1-4-14-7-8-15-12-9(2)5-6-11(13)10(12)3/h5-6H,4,7-8,13H2,1-3H3. The third-order valence-corrected chi connectivity index (χ3v) is 2.32. The Kier molecular flexibility index (Phi) is 4.43. The van der Waals surface area contributed by atoms with Crippen molar-refractivity contribution in [1.82, 2.24) is 0 Å². The van der Waals surface area contributed by atoms with Gasteiger partial charge in [-0.1, -0.05) is 6.07 Å². The summed E-state index contributed by atoms with van der Waals surface area (Å²) in [5, 5.41) is 0. The smallest absolute Gasteiger partial charge is 0.127 e. The highest BCUT2D eigenvalue weighted by molar-refractivity contribution is 5.56. The molecule has 0 saturated carbocycles. The lowest BCUT2D eigenvalue weighted by Crippen LogP contribution is -2.08. The predicted molar refractivity (Wildman–Crippen MR) is 62.3 cm³/mol. The van der Waals surface area contributed by atoms with Gasteiger partial charge in [-0.05, 0) is 32.4 Å². The van der Waals surface area contributed by atoms with Crippen LogP contribution in [0.4, 0.5) is 5.69 Å². The molecule has 1 rings (SSSR count). The van der Waals surface area contributed by atoms with E-state index in [1.54, 1.807) is 0 Å². The normalized spacial score (nSPS) is 10.3. The molecule has 0 fully saturated rings. The van der Waals surface area contributed by atoms with Crippen LogP contribution in [-0.4, -0.2) is 19.8 Å². The summed E-state index contributed by atoms with van der Waals surface area (Å²) in [6.45, 7) is 7.86. The summed E-state index contributed by atoms with van der Waals surface area (Å²) in [5.41, 5.74) is 8.69. The van der Waals surface area contributed by atoms with Gasteiger partial charge >= 0.3 is 0 Å². The maximum absolute atomic E-state index is 5.81. The lowest BCUT2D eigenvalue weighted by molar-refractivity contribution is 0.109. The van der Waals surface area contributed by atoms with Crippen molar-refractivity contribution >= 4 is 5.69 Å². The SMILES string of the molecule is CCOCCOc1c(C)ccc(N)c1C. The van der Waals surface area contributed by atoms with Gasteiger partial charge in [0.05, 0.1) is 6.61 Å². The number of ether oxygens (including phenoxy) is 2. The highest BCUT2D eigenvalue weighted by Crippen LogP contribution is 2.27. The first-order chi connectivity index (χ1) is 7.16. The zero-order chi connectivity index (χ0) is 11.3. The van der Waals surface area contributed by atoms with Gasteiger partial charge in [0.25, 0.3) is 0 Å². The van der Waals surface area contributed by atoms with Gasteiger partial charge in [-0.15, -0.1) is 0 Å². The van der Waals surface area contributed by atoms with Crippen molar-refractivity contribution < 1.29 is 9.47 Å². The molecule has 3 nitrogen and oxygen atoms in total. The Labute approximate surface area is 91.2 Å². The average Bonchev–Trinajstić information content (AvgIpc) is 2.23. The molecular formula is C12H19NO2. The van der Waals surface area contributed by atoms with Crippen molar-refractivity contribution in [3.05, 3.63) is 23.3 Å². The third kappa shape index (κ3) is 3.13. The largest absolute Gasteiger partial charge is 0.491 e. The van der Waals surface area contributed by atoms with Crippen molar-refractivity contribution in [3.8, 4) is 5.75 Å². The van der Waals surface area contributed by atoms with E-state index >= 15 is 0 Å². The van der Waals surface area contributed by atoms with Gasteiger partial charge in [-0.3, -0.25) is 0 Å². The number of nitrogen functional groups attached to an aromatic ring is 1. The molecule has 0 amide bonds. The fraction of sp³-hybridized carbons (Fsp3) is 0.500. The molecule has 0 aliphatic carbocycles. The summed E-state index contributed by atoms with van der Waals surface area (Å²) in [7, 11) is 0. The van der Waals surface area contributed by atoms with Gasteiger partial charge in [-0.25, -0.2) is 0 Å². The molecule has 0 unspecified atom stereocenters. The second-order valence-corrected chi connectivity index (χ2v) is 3.47. The fourth-order valence-corrected chi connectivity index (χ4v) is 1.41. The van der Waals surface area contributed by atoms with Gasteiger partial charge in [0.1, 0.15) is 12.4 Å². The van der Waals surface area contributed by atoms with Crippen LogP contribution in [0.15, 0.2) is 12.1 Å². The van der Waals surface area contributed by atoms with Crippen LogP contribution >= 0.6 is 0 Å². The summed E-state index contributed by atoms with van der Waals surface area (Å²) in [6, 6.07) is 3.87. The molecule has 84 valence electrons. The predicted octanol–water partition coefficient (Wildman–Crippen LogP) is 2.30. The first-order valence-electron chi connectivity index (χ1n) is 5.23. The van der Waals surface area contributed by atoms with Crippen molar-refractivity contribution in [1.29, 1.82) is 0 Å². The summed E-state index contributed by atoms with van der Waals surface area (Å²) in [6.07, 6.45) is 0. The minimum absolute atomic E-state index is 0.568. The molecule has 0 saturated heterocycles. The van der Waals surface area contributed by atoms with Crippen molar-refractivity contribution in [3.63, 3.8) is 0 Å². The van der Waals surface area contributed by atoms with Crippen LogP contribution in [0.3, 0.4) is 0 Å². The molecule has 0 atom stereocenters. The van der Waals surface area contributed by atoms with Crippen molar-refractivity contribution in [2.24, 2.45) is 0 Å². The molecular weight excluding hydrogens is 190 g/mol. The molecule has 0 aliphatic heterocycles. The van der Waals surface area contributed by atoms with Crippen LogP contribution in [0.1, 0.15) is 18.1 Å². The molecule has 1 aromatic rings. The van der Waals surface area contributed by atoms with E-state index < -0.39 is 0 Å². The molecule has 0 heterocycles. The number of hydrogen-bond donors (Lipinski definition) is 1. The quantitative estimate of drug-likeness (QED) is 0.598. The van der Waals surface area contributed by atoms with Crippen LogP contribution in [0.25, 0.3) is 0 Å². The summed E-state index contributed by atoms with van der Waals surface area (Å²) < 4.78 is 10.9. The van der Waals surface area contributed by atoms with Gasteiger partial charge in [0.2, 0.25) is 0 Å². The second kappa shape index (κ2) is 5.61. The Morgan fingerprint density at radius 1 is 1.20 bits per heavy atom. The molecule has 0 aromatic heterocycles. The maximum Gasteiger partial charge on any atom is 0.127 e. The summed E-state index contributed by atoms with van der Waals surface area (Å²) in [5.74, 6) is 0.884. The number of rotatable bonds is 5. The van der Waals surface area contributed by atoms with Gasteiger partial charge in [-0.2, -0.15) is 0 Å². The monoisotopic (exact) mass is 209 g/mol. The maximum atomic E-state index is 5.81. The van der Waals surface area contributed by atoms with E-state index in [2.05, 4.69) is 0 Å². The Morgan fingerprint density at radius 3 is 2.60 bits per heavy atom. The molecule has 0 radical (unpaired) electrons. The number of anilines is 1. The van der Waals surface area contributed by atoms with Crippen molar-refractivity contribution in [2.45, 2.75) is 20.8 Å². The zero-order valence-corrected chi connectivity index (χ0v) is 9.67. The lowest BCUT2D eigenvalue weighted by atomic mass is 10.1. The number of hydrogen-bond acceptors (Lipinski definition) is 3. The minimum atomic E-state index is 0.568. The fourth-order valence-electron chi connectivity index (χ4n) is 1.41. The topological polar surface area (TPSA) is 44.5 Å². The third-order valence-electron chi connectivity index (χ3n) is 2.32.